The Morgan fingerprint density at radius 1 is 0.705 bits per heavy atom. The van der Waals surface area contributed by atoms with E-state index in [4.69, 9.17) is 0 Å². The molecule has 0 aromatic heterocycles. The number of azo groups is 1. The fourth-order valence-corrected chi connectivity index (χ4v) is 5.95. The minimum atomic E-state index is -4.76. The predicted octanol–water partition coefficient (Wildman–Crippen LogP) is 10.8. The molecule has 4 rings (SSSR count). The van der Waals surface area contributed by atoms with E-state index in [-0.39, 0.29) is 22.5 Å². The second-order valence-electron chi connectivity index (χ2n) is 13.0. The molecule has 0 aliphatic carbocycles. The van der Waals surface area contributed by atoms with Crippen LogP contribution in [0.3, 0.4) is 0 Å². The summed E-state index contributed by atoms with van der Waals surface area (Å²) in [6.07, 6.45) is -3.99. The van der Waals surface area contributed by atoms with E-state index in [9.17, 15) is 28.4 Å². The number of halogens is 3. The molecule has 0 atom stereocenters. The van der Waals surface area contributed by atoms with Gasteiger partial charge in [-0.1, -0.05) is 101 Å². The number of alkyl halides is 3. The highest BCUT2D eigenvalue weighted by Gasteiger charge is 2.37. The molecule has 0 saturated heterocycles. The van der Waals surface area contributed by atoms with Crippen LogP contribution in [0.5, 0.6) is 5.75 Å². The van der Waals surface area contributed by atoms with E-state index in [1.165, 1.54) is 0 Å². The predicted molar refractivity (Wildman–Crippen MR) is 166 cm³/mol. The maximum Gasteiger partial charge on any atom is 0.416 e. The third-order valence-electron chi connectivity index (χ3n) is 7.85. The number of benzene rings is 4. The van der Waals surface area contributed by atoms with Crippen molar-refractivity contribution >= 4 is 17.1 Å². The van der Waals surface area contributed by atoms with Gasteiger partial charge in [0.15, 0.2) is 5.69 Å². The van der Waals surface area contributed by atoms with Gasteiger partial charge >= 0.3 is 6.18 Å². The highest BCUT2D eigenvalue weighted by Crippen LogP contribution is 2.49. The third kappa shape index (κ3) is 6.82. The summed E-state index contributed by atoms with van der Waals surface area (Å²) in [5.41, 5.74) is -0.409. The highest BCUT2D eigenvalue weighted by molar-refractivity contribution is 5.66. The van der Waals surface area contributed by atoms with Gasteiger partial charge in [-0.25, -0.2) is 0 Å². The Hall–Kier alpha value is -4.53. The Morgan fingerprint density at radius 2 is 1.23 bits per heavy atom. The van der Waals surface area contributed by atoms with Gasteiger partial charge in [0.25, 0.3) is 5.69 Å². The van der Waals surface area contributed by atoms with Crippen LogP contribution >= 0.6 is 0 Å². The molecular formula is C35H36F3N3O3. The Balaban J connectivity index is 2.00. The number of nitro groups is 1. The van der Waals surface area contributed by atoms with E-state index >= 15 is 0 Å². The van der Waals surface area contributed by atoms with Crippen molar-refractivity contribution in [3.05, 3.63) is 129 Å². The second-order valence-corrected chi connectivity index (χ2v) is 13.0. The second kappa shape index (κ2) is 11.9. The number of rotatable bonds is 8. The summed E-state index contributed by atoms with van der Waals surface area (Å²) >= 11 is 0. The van der Waals surface area contributed by atoms with Crippen LogP contribution in [0, 0.1) is 15.5 Å². The van der Waals surface area contributed by atoms with Crippen molar-refractivity contribution in [1.82, 2.24) is 0 Å². The number of hydrogen-bond donors (Lipinski definition) is 1. The van der Waals surface area contributed by atoms with Crippen LogP contribution in [0.15, 0.2) is 101 Å². The molecule has 44 heavy (non-hydrogen) atoms. The van der Waals surface area contributed by atoms with Gasteiger partial charge in [-0.3, -0.25) is 10.1 Å². The number of phenolic OH excluding ortho intramolecular Hbond substituents is 1. The summed E-state index contributed by atoms with van der Waals surface area (Å²) in [4.78, 5) is 10.8. The number of phenols is 1. The molecule has 0 unspecified atom stereocenters. The first-order valence-electron chi connectivity index (χ1n) is 14.2. The van der Waals surface area contributed by atoms with Crippen LogP contribution in [0.25, 0.3) is 0 Å². The number of nitrogens with zero attached hydrogens (tertiary/aromatic N) is 3. The molecule has 0 fully saturated rings. The molecule has 230 valence electrons. The van der Waals surface area contributed by atoms with Gasteiger partial charge < -0.3 is 5.11 Å². The average Bonchev–Trinajstić information content (AvgIpc) is 2.95. The summed E-state index contributed by atoms with van der Waals surface area (Å²) in [7, 11) is 0. The first-order chi connectivity index (χ1) is 20.4. The Bertz CT molecular complexity index is 1640. The maximum absolute atomic E-state index is 13.3. The van der Waals surface area contributed by atoms with Gasteiger partial charge in [0, 0.05) is 17.0 Å². The molecule has 9 heteroatoms. The minimum Gasteiger partial charge on any atom is -0.505 e. The zero-order chi connectivity index (χ0) is 32.5. The van der Waals surface area contributed by atoms with Gasteiger partial charge in [0.05, 0.1) is 10.5 Å². The van der Waals surface area contributed by atoms with Crippen molar-refractivity contribution in [2.75, 3.05) is 0 Å². The van der Waals surface area contributed by atoms with Crippen molar-refractivity contribution in [2.24, 2.45) is 15.6 Å². The molecule has 0 saturated carbocycles. The molecule has 6 nitrogen and oxygen atoms in total. The summed E-state index contributed by atoms with van der Waals surface area (Å²) in [6.45, 7) is 12.6. The normalized spacial score (nSPS) is 12.9. The zero-order valence-corrected chi connectivity index (χ0v) is 25.6. The molecule has 0 bridgehead atoms. The van der Waals surface area contributed by atoms with Crippen LogP contribution in [-0.4, -0.2) is 10.0 Å². The third-order valence-corrected chi connectivity index (χ3v) is 7.85. The van der Waals surface area contributed by atoms with Crippen molar-refractivity contribution in [2.45, 2.75) is 65.0 Å². The minimum absolute atomic E-state index is 0.0479. The van der Waals surface area contributed by atoms with E-state index in [1.54, 1.807) is 6.07 Å². The van der Waals surface area contributed by atoms with Gasteiger partial charge in [-0.05, 0) is 59.1 Å². The monoisotopic (exact) mass is 603 g/mol. The van der Waals surface area contributed by atoms with Crippen LogP contribution in [0.4, 0.5) is 30.2 Å². The summed E-state index contributed by atoms with van der Waals surface area (Å²) in [5.74, 6) is -0.186. The standard InChI is InChI=1S/C35H36F3N3O3/c1-32(2,3)22-33(4,5)26-19-27(34(6,23-13-9-7-10-14-23)24-15-11-8-12-16-24)31(42)29(20-26)40-39-28-18-17-25(35(36,37)38)21-30(28)41(43)44/h7-21,42H,22H2,1-6H3/b40-39+. The van der Waals surface area contributed by atoms with Crippen LogP contribution in [0.1, 0.15) is 75.8 Å². The molecule has 0 aliphatic heterocycles. The van der Waals surface area contributed by atoms with Crippen LogP contribution < -0.4 is 0 Å². The zero-order valence-electron chi connectivity index (χ0n) is 25.6. The van der Waals surface area contributed by atoms with E-state index in [1.807, 2.05) is 73.7 Å². The van der Waals surface area contributed by atoms with E-state index in [0.29, 0.717) is 11.6 Å². The summed E-state index contributed by atoms with van der Waals surface area (Å²) < 4.78 is 39.8. The van der Waals surface area contributed by atoms with Gasteiger partial charge in [0.1, 0.15) is 11.4 Å². The fraction of sp³-hybridized carbons (Fsp3) is 0.314. The average molecular weight is 604 g/mol. The lowest BCUT2D eigenvalue weighted by Gasteiger charge is -2.36. The maximum atomic E-state index is 13.3. The molecule has 0 aliphatic rings. The number of hydrogen-bond acceptors (Lipinski definition) is 5. The topological polar surface area (TPSA) is 88.1 Å². The summed E-state index contributed by atoms with van der Waals surface area (Å²) in [6, 6.07) is 25.2. The fourth-order valence-electron chi connectivity index (χ4n) is 5.95. The van der Waals surface area contributed by atoms with Crippen molar-refractivity contribution < 1.29 is 23.2 Å². The molecule has 0 radical (unpaired) electrons. The first kappa shape index (κ1) is 32.4. The highest BCUT2D eigenvalue weighted by atomic mass is 19.4. The lowest BCUT2D eigenvalue weighted by molar-refractivity contribution is -0.384. The largest absolute Gasteiger partial charge is 0.505 e. The molecule has 1 N–H and O–H groups in total. The van der Waals surface area contributed by atoms with Gasteiger partial charge in [-0.15, -0.1) is 10.2 Å². The Morgan fingerprint density at radius 3 is 1.70 bits per heavy atom. The van der Waals surface area contributed by atoms with Crippen LogP contribution in [0.2, 0.25) is 0 Å². The lowest BCUT2D eigenvalue weighted by Crippen LogP contribution is -2.28. The molecular weight excluding hydrogens is 567 g/mol. The Labute approximate surface area is 255 Å². The van der Waals surface area contributed by atoms with E-state index in [2.05, 4.69) is 44.8 Å². The van der Waals surface area contributed by atoms with E-state index in [0.717, 1.165) is 35.2 Å². The Kier molecular flexibility index (Phi) is 8.73. The van der Waals surface area contributed by atoms with Gasteiger partial charge in [-0.2, -0.15) is 13.2 Å². The first-order valence-corrected chi connectivity index (χ1v) is 14.2. The summed E-state index contributed by atoms with van der Waals surface area (Å²) in [5, 5.41) is 31.8. The number of nitro benzene ring substituents is 1. The molecule has 0 amide bonds. The lowest BCUT2D eigenvalue weighted by atomic mass is 9.67. The van der Waals surface area contributed by atoms with Crippen molar-refractivity contribution in [3.8, 4) is 5.75 Å². The van der Waals surface area contributed by atoms with E-state index < -0.39 is 33.2 Å². The van der Waals surface area contributed by atoms with Gasteiger partial charge in [0.2, 0.25) is 0 Å². The SMILES string of the molecule is CC(C)(C)CC(C)(C)c1cc(/N=N/c2ccc(C(F)(F)F)cc2[N+](=O)[O-])c(O)c(C(C)(c2ccccc2)c2ccccc2)c1. The smallest absolute Gasteiger partial charge is 0.416 e. The molecule has 4 aromatic carbocycles. The van der Waals surface area contributed by atoms with Crippen LogP contribution in [-0.2, 0) is 17.0 Å². The van der Waals surface area contributed by atoms with Crippen molar-refractivity contribution in [1.29, 1.82) is 0 Å². The molecule has 0 spiro atoms. The quantitative estimate of drug-likeness (QED) is 0.0940. The number of aromatic hydroxyl groups is 1. The molecule has 0 heterocycles. The van der Waals surface area contributed by atoms with Crippen molar-refractivity contribution in [3.63, 3.8) is 0 Å². The molecule has 4 aromatic rings.